The molecule has 6 nitrogen and oxygen atoms in total. The van der Waals surface area contributed by atoms with E-state index >= 15 is 0 Å². The minimum absolute atomic E-state index is 0.141. The number of rotatable bonds is 8. The van der Waals surface area contributed by atoms with Crippen LogP contribution in [0.2, 0.25) is 0 Å². The average Bonchev–Trinajstić information content (AvgIpc) is 2.86. The molecule has 0 aliphatic rings. The third-order valence-corrected chi connectivity index (χ3v) is 6.24. The topological polar surface area (TPSA) is 73.2 Å². The SMILES string of the molecule is CCc1ccc(-n2c(SCC(=O)NCc3cccc(OC)c3)nc3ccccc3c2=O)cc1. The van der Waals surface area contributed by atoms with Gasteiger partial charge in [0.05, 0.1) is 29.5 Å². The summed E-state index contributed by atoms with van der Waals surface area (Å²) in [6.07, 6.45) is 0.917. The molecule has 7 heteroatoms. The highest BCUT2D eigenvalue weighted by molar-refractivity contribution is 7.99. The first-order valence-electron chi connectivity index (χ1n) is 10.7. The van der Waals surface area contributed by atoms with Gasteiger partial charge in [0, 0.05) is 6.54 Å². The largest absolute Gasteiger partial charge is 0.497 e. The van der Waals surface area contributed by atoms with Crippen molar-refractivity contribution in [3.05, 3.63) is 94.3 Å². The fourth-order valence-electron chi connectivity index (χ4n) is 3.48. The van der Waals surface area contributed by atoms with E-state index < -0.39 is 0 Å². The van der Waals surface area contributed by atoms with Crippen molar-refractivity contribution in [2.75, 3.05) is 12.9 Å². The molecule has 0 unspecified atom stereocenters. The first kappa shape index (κ1) is 22.6. The van der Waals surface area contributed by atoms with Crippen molar-refractivity contribution in [3.8, 4) is 11.4 Å². The Kier molecular flexibility index (Phi) is 7.10. The summed E-state index contributed by atoms with van der Waals surface area (Å²) in [6, 6.07) is 22.7. The molecule has 0 aliphatic carbocycles. The first-order valence-corrected chi connectivity index (χ1v) is 11.7. The number of nitrogens with zero attached hydrogens (tertiary/aromatic N) is 2. The molecule has 4 aromatic rings. The normalized spacial score (nSPS) is 10.8. The molecule has 3 aromatic carbocycles. The van der Waals surface area contributed by atoms with Crippen LogP contribution in [0.4, 0.5) is 0 Å². The molecule has 1 N–H and O–H groups in total. The van der Waals surface area contributed by atoms with Gasteiger partial charge in [-0.3, -0.25) is 14.2 Å². The summed E-state index contributed by atoms with van der Waals surface area (Å²) in [5, 5.41) is 3.95. The van der Waals surface area contributed by atoms with Gasteiger partial charge in [0.1, 0.15) is 5.75 Å². The number of para-hydroxylation sites is 1. The number of methoxy groups -OCH3 is 1. The van der Waals surface area contributed by atoms with Crippen LogP contribution in [0.3, 0.4) is 0 Å². The summed E-state index contributed by atoms with van der Waals surface area (Å²) in [7, 11) is 1.61. The smallest absolute Gasteiger partial charge is 0.266 e. The Labute approximate surface area is 196 Å². The highest BCUT2D eigenvalue weighted by atomic mass is 32.2. The van der Waals surface area contributed by atoms with Gasteiger partial charge in [-0.2, -0.15) is 0 Å². The molecule has 1 aromatic heterocycles. The molecule has 0 bridgehead atoms. The van der Waals surface area contributed by atoms with Crippen molar-refractivity contribution in [2.24, 2.45) is 0 Å². The van der Waals surface area contributed by atoms with E-state index in [0.29, 0.717) is 22.6 Å². The molecule has 0 spiro atoms. The van der Waals surface area contributed by atoms with Gasteiger partial charge >= 0.3 is 0 Å². The number of ether oxygens (including phenoxy) is 1. The van der Waals surface area contributed by atoms with E-state index in [4.69, 9.17) is 9.72 Å². The quantitative estimate of drug-likeness (QED) is 0.313. The number of carbonyl (C=O) groups is 1. The molecule has 0 radical (unpaired) electrons. The molecule has 33 heavy (non-hydrogen) atoms. The fourth-order valence-corrected chi connectivity index (χ4v) is 4.32. The van der Waals surface area contributed by atoms with Crippen LogP contribution < -0.4 is 15.6 Å². The maximum Gasteiger partial charge on any atom is 0.266 e. The number of benzene rings is 3. The van der Waals surface area contributed by atoms with Gasteiger partial charge in [0.15, 0.2) is 5.16 Å². The number of hydrogen-bond donors (Lipinski definition) is 1. The van der Waals surface area contributed by atoms with Crippen molar-refractivity contribution in [2.45, 2.75) is 25.0 Å². The van der Waals surface area contributed by atoms with E-state index in [0.717, 1.165) is 23.4 Å². The predicted molar refractivity (Wildman–Crippen MR) is 132 cm³/mol. The summed E-state index contributed by atoms with van der Waals surface area (Å²) in [4.78, 5) is 30.6. The van der Waals surface area contributed by atoms with Crippen LogP contribution in [0.5, 0.6) is 5.75 Å². The van der Waals surface area contributed by atoms with Gasteiger partial charge in [0.25, 0.3) is 5.56 Å². The van der Waals surface area contributed by atoms with Gasteiger partial charge in [-0.25, -0.2) is 4.98 Å². The van der Waals surface area contributed by atoms with Gasteiger partial charge in [0.2, 0.25) is 5.91 Å². The Morgan fingerprint density at radius 1 is 1.03 bits per heavy atom. The maximum absolute atomic E-state index is 13.3. The molecule has 0 fully saturated rings. The summed E-state index contributed by atoms with van der Waals surface area (Å²) in [6.45, 7) is 2.48. The molecule has 0 atom stereocenters. The van der Waals surface area contributed by atoms with Gasteiger partial charge < -0.3 is 10.1 Å². The zero-order valence-corrected chi connectivity index (χ0v) is 19.4. The number of carbonyl (C=O) groups excluding carboxylic acids is 1. The van der Waals surface area contributed by atoms with Crippen LogP contribution in [-0.4, -0.2) is 28.3 Å². The van der Waals surface area contributed by atoms with Crippen molar-refractivity contribution >= 4 is 28.6 Å². The minimum atomic E-state index is -0.149. The third kappa shape index (κ3) is 5.26. The molecular formula is C26H25N3O3S. The molecule has 0 saturated carbocycles. The highest BCUT2D eigenvalue weighted by Gasteiger charge is 2.15. The standard InChI is InChI=1S/C26H25N3O3S/c1-3-18-11-13-20(14-12-18)29-25(31)22-9-4-5-10-23(22)28-26(29)33-17-24(30)27-16-19-7-6-8-21(15-19)32-2/h4-15H,3,16-17H2,1-2H3,(H,27,30). The average molecular weight is 460 g/mol. The maximum atomic E-state index is 13.3. The van der Waals surface area contributed by atoms with Crippen LogP contribution in [0, 0.1) is 0 Å². The van der Waals surface area contributed by atoms with Crippen molar-refractivity contribution < 1.29 is 9.53 Å². The molecular weight excluding hydrogens is 434 g/mol. The fraction of sp³-hybridized carbons (Fsp3) is 0.192. The lowest BCUT2D eigenvalue weighted by Gasteiger charge is -2.14. The Bertz CT molecular complexity index is 1330. The summed E-state index contributed by atoms with van der Waals surface area (Å²) in [5.74, 6) is 0.745. The highest BCUT2D eigenvalue weighted by Crippen LogP contribution is 2.22. The molecule has 1 amide bonds. The molecule has 168 valence electrons. The third-order valence-electron chi connectivity index (χ3n) is 5.30. The Hall–Kier alpha value is -3.58. The number of nitrogens with one attached hydrogen (secondary N) is 1. The van der Waals surface area contributed by atoms with E-state index in [-0.39, 0.29) is 17.2 Å². The van der Waals surface area contributed by atoms with Crippen molar-refractivity contribution in [3.63, 3.8) is 0 Å². The monoisotopic (exact) mass is 459 g/mol. The van der Waals surface area contributed by atoms with Gasteiger partial charge in [-0.15, -0.1) is 0 Å². The van der Waals surface area contributed by atoms with E-state index in [2.05, 4.69) is 12.2 Å². The summed E-state index contributed by atoms with van der Waals surface area (Å²) >= 11 is 1.25. The molecule has 0 aliphatic heterocycles. The lowest BCUT2D eigenvalue weighted by Crippen LogP contribution is -2.26. The second kappa shape index (κ2) is 10.4. The van der Waals surface area contributed by atoms with Crippen molar-refractivity contribution in [1.29, 1.82) is 0 Å². The lowest BCUT2D eigenvalue weighted by atomic mass is 10.1. The molecule has 1 heterocycles. The van der Waals surface area contributed by atoms with Crippen molar-refractivity contribution in [1.82, 2.24) is 14.9 Å². The van der Waals surface area contributed by atoms with Crippen LogP contribution in [0.15, 0.2) is 82.7 Å². The van der Waals surface area contributed by atoms with Gasteiger partial charge in [-0.1, -0.05) is 55.1 Å². The zero-order valence-electron chi connectivity index (χ0n) is 18.6. The molecule has 4 rings (SSSR count). The first-order chi connectivity index (χ1) is 16.1. The van der Waals surface area contributed by atoms with E-state index in [1.54, 1.807) is 17.7 Å². The van der Waals surface area contributed by atoms with E-state index in [1.165, 1.54) is 17.3 Å². The van der Waals surface area contributed by atoms with Crippen LogP contribution in [-0.2, 0) is 17.8 Å². The Morgan fingerprint density at radius 2 is 1.82 bits per heavy atom. The van der Waals surface area contributed by atoms with Crippen LogP contribution in [0.1, 0.15) is 18.1 Å². The molecule has 0 saturated heterocycles. The van der Waals surface area contributed by atoms with E-state index in [1.807, 2.05) is 66.7 Å². The Balaban J connectivity index is 1.57. The van der Waals surface area contributed by atoms with Crippen LogP contribution >= 0.6 is 11.8 Å². The number of aromatic nitrogens is 2. The van der Waals surface area contributed by atoms with Crippen LogP contribution in [0.25, 0.3) is 16.6 Å². The number of thioether (sulfide) groups is 1. The second-order valence-corrected chi connectivity index (χ2v) is 8.43. The minimum Gasteiger partial charge on any atom is -0.497 e. The summed E-state index contributed by atoms with van der Waals surface area (Å²) in [5.41, 5.74) is 3.33. The Morgan fingerprint density at radius 3 is 2.58 bits per heavy atom. The summed E-state index contributed by atoms with van der Waals surface area (Å²) < 4.78 is 6.81. The number of aryl methyl sites for hydroxylation is 1. The number of amides is 1. The zero-order chi connectivity index (χ0) is 23.2. The van der Waals surface area contributed by atoms with E-state index in [9.17, 15) is 9.59 Å². The lowest BCUT2D eigenvalue weighted by molar-refractivity contribution is -0.118. The second-order valence-electron chi connectivity index (χ2n) is 7.49. The number of fused-ring (bicyclic) bond motifs is 1. The number of hydrogen-bond acceptors (Lipinski definition) is 5. The predicted octanol–water partition coefficient (Wildman–Crippen LogP) is 4.37. The van der Waals surface area contributed by atoms with Gasteiger partial charge in [-0.05, 0) is 53.9 Å².